The van der Waals surface area contributed by atoms with E-state index in [0.29, 0.717) is 27.2 Å². The fourth-order valence-corrected chi connectivity index (χ4v) is 8.28. The number of nitrogen functional groups attached to an aromatic ring is 1. The number of halogens is 3. The lowest BCUT2D eigenvalue weighted by atomic mass is 10.0. The number of hydrogen-bond acceptors (Lipinski definition) is 11. The highest BCUT2D eigenvalue weighted by Gasteiger charge is 2.12. The number of thiophene rings is 4. The number of carbonyl (C=O) groups excluding carboxylic acids is 1. The average Bonchev–Trinajstić information content (AvgIpc) is 4.05. The molecular weight excluding hydrogens is 896 g/mol. The van der Waals surface area contributed by atoms with Crippen molar-refractivity contribution in [3.05, 3.63) is 148 Å². The highest BCUT2D eigenvalue weighted by molar-refractivity contribution is 9.10. The molecular formula is C40H37BrCl2N4O5S4. The molecule has 0 aliphatic carbocycles. The van der Waals surface area contributed by atoms with Gasteiger partial charge in [0.2, 0.25) is 0 Å². The van der Waals surface area contributed by atoms with Gasteiger partial charge in [0.15, 0.2) is 17.2 Å². The highest BCUT2D eigenvalue weighted by Crippen LogP contribution is 2.34. The molecule has 0 saturated carbocycles. The van der Waals surface area contributed by atoms with Crippen molar-refractivity contribution in [2.45, 2.75) is 0 Å². The van der Waals surface area contributed by atoms with Crippen molar-refractivity contribution in [1.82, 2.24) is 0 Å². The normalized spacial score (nSPS) is 9.84. The van der Waals surface area contributed by atoms with Crippen LogP contribution in [0.1, 0.15) is 11.1 Å². The molecule has 4 N–H and O–H groups in total. The van der Waals surface area contributed by atoms with Gasteiger partial charge < -0.3 is 35.3 Å². The predicted molar refractivity (Wildman–Crippen MR) is 243 cm³/mol. The average molecular weight is 933 g/mol. The zero-order valence-electron chi connectivity index (χ0n) is 30.5. The Morgan fingerprint density at radius 3 is 1.64 bits per heavy atom. The molecule has 16 heteroatoms. The Balaban J connectivity index is 0.000000181. The summed E-state index contributed by atoms with van der Waals surface area (Å²) in [5.41, 5.74) is 11.2. The van der Waals surface area contributed by atoms with Crippen LogP contribution >= 0.6 is 84.5 Å². The minimum Gasteiger partial charge on any atom is -0.495 e. The van der Waals surface area contributed by atoms with E-state index in [1.807, 2.05) is 68.7 Å². The van der Waals surface area contributed by atoms with Gasteiger partial charge in [0.05, 0.1) is 65.7 Å². The Kier molecular flexibility index (Phi) is 18.5. The second kappa shape index (κ2) is 23.5. The summed E-state index contributed by atoms with van der Waals surface area (Å²) in [7, 11) is 6.48. The third kappa shape index (κ3) is 13.3. The number of rotatable bonds is 9. The standard InChI is InChI=1S/C18H15NOS.C12H10Cl2N2O2S.C5H5BrOS.C5H7NOS/c1-20-17-13-21-12-16(17)19-18(14-8-4-2-5-9-14)15-10-6-3-7-11-15;1-18-10-6-19-5-9(10)16-12(17)15-8-4-2-3-7(13)11(8)14;2*1-7-5-3-8-2-4(5)6/h2-13H,1H3;2-6H,1H3,(H2,15,16,17);2-3H,1H3;2-3H,6H2,1H3. The van der Waals surface area contributed by atoms with Gasteiger partial charge in [-0.25, -0.2) is 9.79 Å². The van der Waals surface area contributed by atoms with Crippen LogP contribution in [0.4, 0.5) is 27.5 Å². The monoisotopic (exact) mass is 930 g/mol. The molecule has 9 nitrogen and oxygen atoms in total. The van der Waals surface area contributed by atoms with Crippen molar-refractivity contribution in [3.8, 4) is 23.0 Å². The Bertz CT molecular complexity index is 2180. The molecule has 0 bridgehead atoms. The maximum absolute atomic E-state index is 11.8. The molecule has 4 aromatic heterocycles. The number of nitrogens with two attached hydrogens (primary N) is 1. The smallest absolute Gasteiger partial charge is 0.323 e. The van der Waals surface area contributed by atoms with E-state index < -0.39 is 6.03 Å². The summed E-state index contributed by atoms with van der Waals surface area (Å²) >= 11 is 21.3. The predicted octanol–water partition coefficient (Wildman–Crippen LogP) is 13.5. The lowest BCUT2D eigenvalue weighted by molar-refractivity contribution is 0.262. The fourth-order valence-electron chi connectivity index (χ4n) is 4.41. The van der Waals surface area contributed by atoms with Gasteiger partial charge in [0.25, 0.3) is 0 Å². The number of methoxy groups -OCH3 is 4. The van der Waals surface area contributed by atoms with Crippen LogP contribution in [0.15, 0.2) is 131 Å². The Morgan fingerprint density at radius 2 is 1.12 bits per heavy atom. The zero-order chi connectivity index (χ0) is 40.3. The van der Waals surface area contributed by atoms with Crippen LogP contribution in [0.25, 0.3) is 0 Å². The number of carbonyl (C=O) groups is 1. The summed E-state index contributed by atoms with van der Waals surface area (Å²) in [6.07, 6.45) is 0. The quantitative estimate of drug-likeness (QED) is 0.124. The first-order valence-electron chi connectivity index (χ1n) is 16.2. The van der Waals surface area contributed by atoms with Crippen LogP contribution < -0.4 is 35.3 Å². The Hall–Kier alpha value is -4.54. The minimum atomic E-state index is -0.416. The summed E-state index contributed by atoms with van der Waals surface area (Å²) in [5, 5.41) is 21.2. The molecule has 0 fully saturated rings. The number of hydrogen-bond donors (Lipinski definition) is 3. The summed E-state index contributed by atoms with van der Waals surface area (Å²) < 4.78 is 21.3. The Labute approximate surface area is 360 Å². The van der Waals surface area contributed by atoms with Crippen LogP contribution in [0.2, 0.25) is 10.0 Å². The third-order valence-corrected chi connectivity index (χ3v) is 11.8. The second-order valence-corrected chi connectivity index (χ2v) is 15.3. The maximum Gasteiger partial charge on any atom is 0.323 e. The van der Waals surface area contributed by atoms with Gasteiger partial charge >= 0.3 is 6.03 Å². The molecule has 292 valence electrons. The summed E-state index contributed by atoms with van der Waals surface area (Å²) in [5.74, 6) is 3.10. The van der Waals surface area contributed by atoms with E-state index in [2.05, 4.69) is 50.8 Å². The topological polar surface area (TPSA) is 116 Å². The molecule has 3 aromatic carbocycles. The maximum atomic E-state index is 11.8. The van der Waals surface area contributed by atoms with Crippen LogP contribution in [0.3, 0.4) is 0 Å². The molecule has 0 aliphatic heterocycles. The van der Waals surface area contributed by atoms with E-state index in [0.717, 1.165) is 49.9 Å². The highest BCUT2D eigenvalue weighted by atomic mass is 79.9. The molecule has 0 spiro atoms. The van der Waals surface area contributed by atoms with E-state index in [1.165, 1.54) is 11.3 Å². The molecule has 0 radical (unpaired) electrons. The van der Waals surface area contributed by atoms with Gasteiger partial charge in [0.1, 0.15) is 11.4 Å². The van der Waals surface area contributed by atoms with E-state index in [9.17, 15) is 4.79 Å². The van der Waals surface area contributed by atoms with Crippen molar-refractivity contribution >= 4 is 119 Å². The van der Waals surface area contributed by atoms with Gasteiger partial charge in [-0.2, -0.15) is 0 Å². The lowest BCUT2D eigenvalue weighted by Gasteiger charge is -2.09. The number of urea groups is 1. The van der Waals surface area contributed by atoms with Crippen molar-refractivity contribution < 1.29 is 23.7 Å². The number of anilines is 3. The molecule has 2 amide bonds. The van der Waals surface area contributed by atoms with Crippen molar-refractivity contribution in [2.24, 2.45) is 4.99 Å². The minimum absolute atomic E-state index is 0.302. The van der Waals surface area contributed by atoms with Crippen LogP contribution in [-0.4, -0.2) is 40.2 Å². The molecule has 7 rings (SSSR count). The molecule has 56 heavy (non-hydrogen) atoms. The largest absolute Gasteiger partial charge is 0.495 e. The molecule has 7 aromatic rings. The molecule has 0 saturated heterocycles. The first kappa shape index (κ1) is 44.2. The van der Waals surface area contributed by atoms with Crippen LogP contribution in [0, 0.1) is 0 Å². The van der Waals surface area contributed by atoms with Crippen LogP contribution in [0.5, 0.6) is 23.0 Å². The van der Waals surface area contributed by atoms with E-state index in [4.69, 9.17) is 52.9 Å². The number of benzene rings is 3. The van der Waals surface area contributed by atoms with Gasteiger partial charge in [-0.15, -0.1) is 45.3 Å². The van der Waals surface area contributed by atoms with Gasteiger partial charge in [0, 0.05) is 54.2 Å². The van der Waals surface area contributed by atoms with E-state index >= 15 is 0 Å². The SMILES string of the molecule is COc1cscc1Br.COc1cscc1N.COc1cscc1N=C(c1ccccc1)c1ccccc1.COc1cscc1NC(=O)Nc1cccc(Cl)c1Cl. The number of ether oxygens (including phenoxy) is 4. The van der Waals surface area contributed by atoms with E-state index in [-0.39, 0.29) is 0 Å². The fraction of sp³-hybridized carbons (Fsp3) is 0.100. The molecule has 0 atom stereocenters. The van der Waals surface area contributed by atoms with Crippen molar-refractivity contribution in [2.75, 3.05) is 44.8 Å². The van der Waals surface area contributed by atoms with Gasteiger partial charge in [-0.05, 0) is 28.1 Å². The molecule has 4 heterocycles. The molecule has 0 unspecified atom stereocenters. The second-order valence-electron chi connectivity index (χ2n) is 10.7. The van der Waals surface area contributed by atoms with Gasteiger partial charge in [-0.1, -0.05) is 89.9 Å². The first-order chi connectivity index (χ1) is 27.2. The molecule has 0 aliphatic rings. The number of aliphatic imine (C=N–C) groups is 1. The van der Waals surface area contributed by atoms with Gasteiger partial charge in [-0.3, -0.25) is 0 Å². The Morgan fingerprint density at radius 1 is 0.607 bits per heavy atom. The third-order valence-electron chi connectivity index (χ3n) is 7.12. The summed E-state index contributed by atoms with van der Waals surface area (Å²) in [6, 6.07) is 25.0. The number of nitrogens with one attached hydrogen (secondary N) is 2. The number of nitrogens with zero attached hydrogens (tertiary/aromatic N) is 1. The first-order valence-corrected chi connectivity index (χ1v) is 21.5. The zero-order valence-corrected chi connectivity index (χ0v) is 36.8. The van der Waals surface area contributed by atoms with Crippen LogP contribution in [-0.2, 0) is 0 Å². The van der Waals surface area contributed by atoms with Crippen molar-refractivity contribution in [3.63, 3.8) is 0 Å². The lowest BCUT2D eigenvalue weighted by Crippen LogP contribution is -2.19. The number of amides is 2. The summed E-state index contributed by atoms with van der Waals surface area (Å²) in [6.45, 7) is 0. The summed E-state index contributed by atoms with van der Waals surface area (Å²) in [4.78, 5) is 16.7. The van der Waals surface area contributed by atoms with E-state index in [1.54, 1.807) is 91.4 Å². The van der Waals surface area contributed by atoms with Crippen molar-refractivity contribution in [1.29, 1.82) is 0 Å².